The molecule has 15 heavy (non-hydrogen) atoms. The smallest absolute Gasteiger partial charge is 0.0757 e. The van der Waals surface area contributed by atoms with Crippen molar-refractivity contribution in [3.63, 3.8) is 0 Å². The van der Waals surface area contributed by atoms with Gasteiger partial charge in [0.1, 0.15) is 0 Å². The van der Waals surface area contributed by atoms with Crippen LogP contribution in [0.2, 0.25) is 0 Å². The van der Waals surface area contributed by atoms with Crippen molar-refractivity contribution < 1.29 is 0 Å². The lowest BCUT2D eigenvalue weighted by atomic mass is 9.92. The van der Waals surface area contributed by atoms with E-state index in [1.54, 1.807) is 0 Å². The molecule has 0 aromatic carbocycles. The third-order valence-corrected chi connectivity index (χ3v) is 4.18. The van der Waals surface area contributed by atoms with Gasteiger partial charge in [0, 0.05) is 0 Å². The molecule has 0 aromatic rings. The zero-order chi connectivity index (χ0) is 10.7. The Morgan fingerprint density at radius 2 is 1.60 bits per heavy atom. The van der Waals surface area contributed by atoms with Gasteiger partial charge in [-0.2, -0.15) is 0 Å². The summed E-state index contributed by atoms with van der Waals surface area (Å²) in [5.41, 5.74) is 0.353. The van der Waals surface area contributed by atoms with Gasteiger partial charge in [0.05, 0.1) is 5.66 Å². The Balaban J connectivity index is 2.09. The molecular weight excluding hydrogens is 186 g/mol. The summed E-state index contributed by atoms with van der Waals surface area (Å²) in [6, 6.07) is 0. The largest absolute Gasteiger partial charge is 0.316 e. The summed E-state index contributed by atoms with van der Waals surface area (Å²) in [6.07, 6.45) is 6.77. The summed E-state index contributed by atoms with van der Waals surface area (Å²) in [5, 5.41) is 3.48. The van der Waals surface area contributed by atoms with Gasteiger partial charge >= 0.3 is 0 Å². The molecule has 88 valence electrons. The quantitative estimate of drug-likeness (QED) is 0.738. The molecule has 2 rings (SSSR count). The molecule has 0 radical (unpaired) electrons. The Morgan fingerprint density at radius 3 is 2.13 bits per heavy atom. The van der Waals surface area contributed by atoms with Crippen LogP contribution in [0.3, 0.4) is 0 Å². The second-order valence-electron chi connectivity index (χ2n) is 5.17. The molecule has 3 nitrogen and oxygen atoms in total. The molecule has 0 bridgehead atoms. The Labute approximate surface area is 93.8 Å². The van der Waals surface area contributed by atoms with Crippen molar-refractivity contribution in [2.75, 3.05) is 40.3 Å². The zero-order valence-corrected chi connectivity index (χ0v) is 10.3. The average Bonchev–Trinajstić information content (AvgIpc) is 2.31. The molecule has 0 aliphatic carbocycles. The van der Waals surface area contributed by atoms with E-state index in [0.29, 0.717) is 5.66 Å². The molecule has 2 aliphatic rings. The van der Waals surface area contributed by atoms with Crippen LogP contribution in [-0.2, 0) is 0 Å². The molecule has 1 N–H and O–H groups in total. The van der Waals surface area contributed by atoms with E-state index in [2.05, 4.69) is 29.2 Å². The fourth-order valence-corrected chi connectivity index (χ4v) is 3.18. The van der Waals surface area contributed by atoms with Crippen LogP contribution >= 0.6 is 0 Å². The van der Waals surface area contributed by atoms with Crippen molar-refractivity contribution in [3.8, 4) is 0 Å². The molecule has 2 saturated heterocycles. The maximum Gasteiger partial charge on any atom is 0.0757 e. The predicted octanol–water partition coefficient (Wildman–Crippen LogP) is 1.11. The predicted molar refractivity (Wildman–Crippen MR) is 63.9 cm³/mol. The summed E-state index contributed by atoms with van der Waals surface area (Å²) >= 11 is 0. The van der Waals surface area contributed by atoms with Gasteiger partial charge < -0.3 is 5.32 Å². The lowest BCUT2D eigenvalue weighted by Crippen LogP contribution is -2.63. The van der Waals surface area contributed by atoms with Crippen LogP contribution in [-0.4, -0.2) is 55.7 Å². The number of hydrogen-bond donors (Lipinski definition) is 1. The van der Waals surface area contributed by atoms with Gasteiger partial charge in [-0.1, -0.05) is 6.42 Å². The molecule has 0 spiro atoms. The lowest BCUT2D eigenvalue weighted by molar-refractivity contribution is -0.0634. The van der Waals surface area contributed by atoms with E-state index in [-0.39, 0.29) is 0 Å². The van der Waals surface area contributed by atoms with E-state index in [1.807, 2.05) is 0 Å². The first-order chi connectivity index (χ1) is 7.26. The van der Waals surface area contributed by atoms with Crippen LogP contribution in [0.4, 0.5) is 0 Å². The highest BCUT2D eigenvalue weighted by Gasteiger charge is 2.39. The Bertz CT molecular complexity index is 191. The highest BCUT2D eigenvalue weighted by molar-refractivity contribution is 4.93. The van der Waals surface area contributed by atoms with Crippen molar-refractivity contribution >= 4 is 0 Å². The molecular formula is C12H25N3. The molecule has 0 amide bonds. The second kappa shape index (κ2) is 4.81. The van der Waals surface area contributed by atoms with Gasteiger partial charge in [-0.15, -0.1) is 0 Å². The minimum absolute atomic E-state index is 0.353. The van der Waals surface area contributed by atoms with Crippen molar-refractivity contribution in [2.24, 2.45) is 0 Å². The summed E-state index contributed by atoms with van der Waals surface area (Å²) < 4.78 is 0. The first-order valence-corrected chi connectivity index (χ1v) is 6.39. The standard InChI is InChI=1S/C12H25N3/c1-14(2)12(6-8-13-9-7-12)15-10-4-3-5-11-15/h13H,3-11H2,1-2H3. The number of nitrogens with zero attached hydrogens (tertiary/aromatic N) is 2. The van der Waals surface area contributed by atoms with E-state index < -0.39 is 0 Å². The van der Waals surface area contributed by atoms with Crippen LogP contribution in [0.1, 0.15) is 32.1 Å². The van der Waals surface area contributed by atoms with Gasteiger partial charge in [-0.05, 0) is 66.0 Å². The Hall–Kier alpha value is -0.120. The Kier molecular flexibility index (Phi) is 3.65. The fourth-order valence-electron chi connectivity index (χ4n) is 3.18. The summed E-state index contributed by atoms with van der Waals surface area (Å²) in [6.45, 7) is 4.96. The third-order valence-electron chi connectivity index (χ3n) is 4.18. The number of piperidine rings is 2. The van der Waals surface area contributed by atoms with Crippen molar-refractivity contribution in [1.29, 1.82) is 0 Å². The third kappa shape index (κ3) is 2.19. The van der Waals surface area contributed by atoms with Gasteiger partial charge in [0.25, 0.3) is 0 Å². The molecule has 2 fully saturated rings. The van der Waals surface area contributed by atoms with Crippen LogP contribution in [0.15, 0.2) is 0 Å². The fraction of sp³-hybridized carbons (Fsp3) is 1.00. The lowest BCUT2D eigenvalue weighted by Gasteiger charge is -2.52. The van der Waals surface area contributed by atoms with Crippen molar-refractivity contribution in [1.82, 2.24) is 15.1 Å². The van der Waals surface area contributed by atoms with Crippen molar-refractivity contribution in [2.45, 2.75) is 37.8 Å². The van der Waals surface area contributed by atoms with Gasteiger partial charge in [-0.25, -0.2) is 0 Å². The van der Waals surface area contributed by atoms with Crippen LogP contribution < -0.4 is 5.32 Å². The van der Waals surface area contributed by atoms with E-state index in [9.17, 15) is 0 Å². The molecule has 2 heterocycles. The molecule has 0 aromatic heterocycles. The van der Waals surface area contributed by atoms with E-state index >= 15 is 0 Å². The van der Waals surface area contributed by atoms with Crippen LogP contribution in [0, 0.1) is 0 Å². The SMILES string of the molecule is CN(C)C1(N2CCCCC2)CCNCC1. The molecule has 2 aliphatic heterocycles. The normalized spacial score (nSPS) is 28.2. The number of likely N-dealkylation sites (tertiary alicyclic amines) is 1. The second-order valence-corrected chi connectivity index (χ2v) is 5.17. The zero-order valence-electron chi connectivity index (χ0n) is 10.3. The minimum Gasteiger partial charge on any atom is -0.316 e. The molecule has 0 saturated carbocycles. The summed E-state index contributed by atoms with van der Waals surface area (Å²) in [7, 11) is 4.50. The maximum atomic E-state index is 3.48. The monoisotopic (exact) mass is 211 g/mol. The Morgan fingerprint density at radius 1 is 1.00 bits per heavy atom. The average molecular weight is 211 g/mol. The number of nitrogens with one attached hydrogen (secondary N) is 1. The molecule has 0 atom stereocenters. The first-order valence-electron chi connectivity index (χ1n) is 6.39. The highest BCUT2D eigenvalue weighted by Crippen LogP contribution is 2.30. The van der Waals surface area contributed by atoms with E-state index in [1.165, 1.54) is 58.3 Å². The minimum atomic E-state index is 0.353. The van der Waals surface area contributed by atoms with Gasteiger partial charge in [-0.3, -0.25) is 9.80 Å². The maximum absolute atomic E-state index is 3.48. The highest BCUT2D eigenvalue weighted by atomic mass is 15.4. The van der Waals surface area contributed by atoms with Crippen LogP contribution in [0.5, 0.6) is 0 Å². The molecule has 3 heteroatoms. The summed E-state index contributed by atoms with van der Waals surface area (Å²) in [5.74, 6) is 0. The van der Waals surface area contributed by atoms with Gasteiger partial charge in [0.2, 0.25) is 0 Å². The van der Waals surface area contributed by atoms with E-state index in [0.717, 1.165) is 0 Å². The number of hydrogen-bond acceptors (Lipinski definition) is 3. The first kappa shape index (κ1) is 11.4. The molecule has 0 unspecified atom stereocenters. The van der Waals surface area contributed by atoms with E-state index in [4.69, 9.17) is 0 Å². The number of rotatable bonds is 2. The van der Waals surface area contributed by atoms with Gasteiger partial charge in [0.15, 0.2) is 0 Å². The van der Waals surface area contributed by atoms with Crippen molar-refractivity contribution in [3.05, 3.63) is 0 Å². The van der Waals surface area contributed by atoms with Crippen LogP contribution in [0.25, 0.3) is 0 Å². The summed E-state index contributed by atoms with van der Waals surface area (Å²) in [4.78, 5) is 5.19. The topological polar surface area (TPSA) is 18.5 Å².